The summed E-state index contributed by atoms with van der Waals surface area (Å²) >= 11 is 0. The van der Waals surface area contributed by atoms with Gasteiger partial charge in [-0.25, -0.2) is 0 Å². The molecule has 0 radical (unpaired) electrons. The lowest BCUT2D eigenvalue weighted by Gasteiger charge is -2.72. The van der Waals surface area contributed by atoms with Crippen LogP contribution in [0.25, 0.3) is 0 Å². The number of carboxylic acids is 2. The van der Waals surface area contributed by atoms with Crippen molar-refractivity contribution in [2.45, 2.75) is 132 Å². The molecule has 6 rings (SSSR count). The molecule has 12 atom stereocenters. The van der Waals surface area contributed by atoms with Gasteiger partial charge in [-0.05, 0) is 129 Å². The van der Waals surface area contributed by atoms with E-state index in [1.165, 1.54) is 5.57 Å². The number of hydrogen-bond donors (Lipinski definition) is 2. The van der Waals surface area contributed by atoms with E-state index in [1.54, 1.807) is 0 Å². The highest BCUT2D eigenvalue weighted by atomic mass is 16.5. The van der Waals surface area contributed by atoms with Gasteiger partial charge in [-0.1, -0.05) is 60.6 Å². The number of carboxylic acid groups (broad SMARTS) is 2. The highest BCUT2D eigenvalue weighted by Gasteiger charge is 2.72. The molecule has 0 heterocycles. The van der Waals surface area contributed by atoms with Gasteiger partial charge < -0.3 is 14.9 Å². The second-order valence-electron chi connectivity index (χ2n) is 18.4. The first-order valence-corrected chi connectivity index (χ1v) is 17.6. The highest BCUT2D eigenvalue weighted by Crippen LogP contribution is 2.77. The normalized spacial score (nSPS) is 50.1. The van der Waals surface area contributed by atoms with Gasteiger partial charge >= 0.3 is 17.9 Å². The van der Waals surface area contributed by atoms with Crippen LogP contribution in [0.4, 0.5) is 0 Å². The maximum absolute atomic E-state index is 13.5. The molecule has 0 saturated heterocycles. The monoisotopic (exact) mass is 610 g/mol. The summed E-state index contributed by atoms with van der Waals surface area (Å²) in [4.78, 5) is 38.1. The second kappa shape index (κ2) is 9.83. The summed E-state index contributed by atoms with van der Waals surface area (Å²) in [5, 5.41) is 20.2. The Morgan fingerprint density at radius 3 is 2.00 bits per heavy atom. The fraction of sp³-hybridized carbons (Fsp3) is 0.868. The Labute approximate surface area is 265 Å². The molecule has 246 valence electrons. The number of allylic oxidation sites excluding steroid dienone is 1. The van der Waals surface area contributed by atoms with Crippen LogP contribution in [0.1, 0.15) is 126 Å². The molecule has 0 aromatic carbocycles. The number of carbonyl (C=O) groups is 3. The standard InChI is InChI=1S/C38H58O6/c1-21(2)22-12-17-38(32(42)43)19-18-36(8)23(29(22)38)10-11-27-35(7)15-14-28(34(5,6)26(35)13-16-37(27,36)9)44-31(41)25-20-24(30(39)40)33(25,3)4/h22-29H,1,10-20H2,2-9H3,(H,39,40)(H,42,43). The zero-order valence-corrected chi connectivity index (χ0v) is 28.6. The fourth-order valence-corrected chi connectivity index (χ4v) is 13.7. The summed E-state index contributed by atoms with van der Waals surface area (Å²) in [6.45, 7) is 22.5. The smallest absolute Gasteiger partial charge is 0.309 e. The average molecular weight is 611 g/mol. The molecule has 2 N–H and O–H groups in total. The minimum Gasteiger partial charge on any atom is -0.481 e. The van der Waals surface area contributed by atoms with Crippen molar-refractivity contribution in [2.24, 2.45) is 73.9 Å². The first-order valence-electron chi connectivity index (χ1n) is 17.6. The van der Waals surface area contributed by atoms with Crippen molar-refractivity contribution in [3.63, 3.8) is 0 Å². The fourth-order valence-electron chi connectivity index (χ4n) is 13.7. The van der Waals surface area contributed by atoms with Crippen molar-refractivity contribution >= 4 is 17.9 Å². The van der Waals surface area contributed by atoms with E-state index in [2.05, 4.69) is 48.1 Å². The van der Waals surface area contributed by atoms with E-state index in [9.17, 15) is 24.6 Å². The van der Waals surface area contributed by atoms with Crippen LogP contribution in [0, 0.1) is 73.9 Å². The molecule has 44 heavy (non-hydrogen) atoms. The predicted octanol–water partition coefficient (Wildman–Crippen LogP) is 8.39. The van der Waals surface area contributed by atoms with E-state index in [1.807, 2.05) is 13.8 Å². The quantitative estimate of drug-likeness (QED) is 0.240. The average Bonchev–Trinajstić information content (AvgIpc) is 3.31. The van der Waals surface area contributed by atoms with Crippen molar-refractivity contribution in [1.29, 1.82) is 0 Å². The number of carbonyl (C=O) groups excluding carboxylic acids is 1. The van der Waals surface area contributed by atoms with Gasteiger partial charge in [-0.2, -0.15) is 0 Å². The van der Waals surface area contributed by atoms with E-state index in [0.717, 1.165) is 64.2 Å². The van der Waals surface area contributed by atoms with Gasteiger partial charge in [-0.15, -0.1) is 0 Å². The van der Waals surface area contributed by atoms with Gasteiger partial charge in [0, 0.05) is 5.41 Å². The van der Waals surface area contributed by atoms with Crippen molar-refractivity contribution in [3.8, 4) is 0 Å². The number of rotatable bonds is 5. The highest BCUT2D eigenvalue weighted by molar-refractivity contribution is 5.81. The van der Waals surface area contributed by atoms with E-state index in [-0.39, 0.29) is 45.6 Å². The molecule has 6 fully saturated rings. The first-order chi connectivity index (χ1) is 20.3. The topological polar surface area (TPSA) is 101 Å². The van der Waals surface area contributed by atoms with Crippen LogP contribution in [-0.2, 0) is 19.1 Å². The number of ether oxygens (including phenoxy) is 1. The van der Waals surface area contributed by atoms with Crippen LogP contribution in [0.5, 0.6) is 0 Å². The Balaban J connectivity index is 1.25. The summed E-state index contributed by atoms with van der Waals surface area (Å²) in [6.07, 6.45) is 10.1. The lowest BCUT2D eigenvalue weighted by molar-refractivity contribution is -0.252. The van der Waals surface area contributed by atoms with Gasteiger partial charge in [-0.3, -0.25) is 14.4 Å². The predicted molar refractivity (Wildman–Crippen MR) is 169 cm³/mol. The van der Waals surface area contributed by atoms with Crippen LogP contribution >= 0.6 is 0 Å². The summed E-state index contributed by atoms with van der Waals surface area (Å²) < 4.78 is 6.35. The molecule has 0 aliphatic heterocycles. The molecule has 6 saturated carbocycles. The van der Waals surface area contributed by atoms with Crippen molar-refractivity contribution in [2.75, 3.05) is 0 Å². The SMILES string of the molecule is C=C(C)C1CCC2(C(=O)O)CCC3(C)C(CCC4C5(C)CCC(OC(=O)C6CC(C(=O)O)C6(C)C)C(C)(C)C5CCC43C)C12. The van der Waals surface area contributed by atoms with Crippen LogP contribution in [0.3, 0.4) is 0 Å². The minimum absolute atomic E-state index is 0.0928. The Kier molecular flexibility index (Phi) is 7.17. The van der Waals surface area contributed by atoms with E-state index < -0.39 is 28.7 Å². The molecular formula is C38H58O6. The minimum atomic E-state index is -0.823. The summed E-state index contributed by atoms with van der Waals surface area (Å²) in [7, 11) is 0. The summed E-state index contributed by atoms with van der Waals surface area (Å²) in [5.41, 5.74) is 0.166. The van der Waals surface area contributed by atoms with Gasteiger partial charge in [0.05, 0.1) is 17.3 Å². The summed E-state index contributed by atoms with van der Waals surface area (Å²) in [6, 6.07) is 0. The molecule has 6 aliphatic rings. The van der Waals surface area contributed by atoms with Gasteiger partial charge in [0.15, 0.2) is 0 Å². The lowest BCUT2D eigenvalue weighted by Crippen LogP contribution is -2.67. The number of hydrogen-bond acceptors (Lipinski definition) is 4. The molecule has 0 bridgehead atoms. The Morgan fingerprint density at radius 2 is 1.41 bits per heavy atom. The molecule has 6 nitrogen and oxygen atoms in total. The molecule has 0 aromatic heterocycles. The van der Waals surface area contributed by atoms with Gasteiger partial charge in [0.1, 0.15) is 6.10 Å². The molecule has 0 aromatic rings. The van der Waals surface area contributed by atoms with Crippen LogP contribution in [-0.4, -0.2) is 34.2 Å². The third-order valence-corrected chi connectivity index (χ3v) is 16.5. The van der Waals surface area contributed by atoms with Crippen LogP contribution in [0.2, 0.25) is 0 Å². The second-order valence-corrected chi connectivity index (χ2v) is 18.4. The molecule has 0 amide bonds. The molecule has 0 spiro atoms. The van der Waals surface area contributed by atoms with E-state index in [0.29, 0.717) is 30.1 Å². The van der Waals surface area contributed by atoms with Gasteiger partial charge in [0.25, 0.3) is 0 Å². The van der Waals surface area contributed by atoms with E-state index in [4.69, 9.17) is 4.74 Å². The Hall–Kier alpha value is -1.85. The maximum atomic E-state index is 13.5. The third kappa shape index (κ3) is 3.93. The first kappa shape index (κ1) is 32.1. The lowest BCUT2D eigenvalue weighted by atomic mass is 9.32. The molecular weight excluding hydrogens is 552 g/mol. The largest absolute Gasteiger partial charge is 0.481 e. The van der Waals surface area contributed by atoms with Crippen LogP contribution < -0.4 is 0 Å². The Bertz CT molecular complexity index is 1270. The van der Waals surface area contributed by atoms with Crippen molar-refractivity contribution in [3.05, 3.63) is 12.2 Å². The molecule has 6 heteroatoms. The van der Waals surface area contributed by atoms with Crippen LogP contribution in [0.15, 0.2) is 12.2 Å². The maximum Gasteiger partial charge on any atom is 0.309 e. The Morgan fingerprint density at radius 1 is 0.727 bits per heavy atom. The van der Waals surface area contributed by atoms with Gasteiger partial charge in [0.2, 0.25) is 0 Å². The van der Waals surface area contributed by atoms with Crippen molar-refractivity contribution < 1.29 is 29.3 Å². The third-order valence-electron chi connectivity index (χ3n) is 16.5. The zero-order valence-electron chi connectivity index (χ0n) is 28.6. The zero-order chi connectivity index (χ0) is 32.4. The van der Waals surface area contributed by atoms with E-state index >= 15 is 0 Å². The van der Waals surface area contributed by atoms with Crippen molar-refractivity contribution in [1.82, 2.24) is 0 Å². The molecule has 6 aliphatic carbocycles. The number of fused-ring (bicyclic) bond motifs is 7. The number of aliphatic carboxylic acids is 2. The molecule has 12 unspecified atom stereocenters. The summed E-state index contributed by atoms with van der Waals surface area (Å²) in [5.74, 6) is -0.593. The number of esters is 1.